The zero-order valence-electron chi connectivity index (χ0n) is 11.0. The summed E-state index contributed by atoms with van der Waals surface area (Å²) in [6.07, 6.45) is 1.64. The summed E-state index contributed by atoms with van der Waals surface area (Å²) in [6.45, 7) is 4.18. The Balaban J connectivity index is 3.08. The SMILES string of the molecule is CCCC#Cc1cc(C)ccc1C(OC)OC. The topological polar surface area (TPSA) is 18.5 Å². The highest BCUT2D eigenvalue weighted by molar-refractivity contribution is 5.44. The molecule has 0 radical (unpaired) electrons. The molecule has 0 N–H and O–H groups in total. The van der Waals surface area contributed by atoms with Crippen molar-refractivity contribution in [1.29, 1.82) is 0 Å². The molecule has 0 saturated heterocycles. The van der Waals surface area contributed by atoms with E-state index in [4.69, 9.17) is 9.47 Å². The smallest absolute Gasteiger partial charge is 0.184 e. The number of rotatable bonds is 4. The number of methoxy groups -OCH3 is 2. The molecule has 0 bridgehead atoms. The van der Waals surface area contributed by atoms with E-state index < -0.39 is 0 Å². The van der Waals surface area contributed by atoms with E-state index in [1.165, 1.54) is 5.56 Å². The molecule has 17 heavy (non-hydrogen) atoms. The minimum absolute atomic E-state index is 0.346. The molecule has 2 nitrogen and oxygen atoms in total. The maximum Gasteiger partial charge on any atom is 0.184 e. The summed E-state index contributed by atoms with van der Waals surface area (Å²) in [5.74, 6) is 6.36. The Labute approximate surface area is 104 Å². The van der Waals surface area contributed by atoms with Crippen molar-refractivity contribution in [1.82, 2.24) is 0 Å². The summed E-state index contributed by atoms with van der Waals surface area (Å²) in [5.41, 5.74) is 3.18. The molecule has 0 saturated carbocycles. The van der Waals surface area contributed by atoms with Crippen molar-refractivity contribution < 1.29 is 9.47 Å². The molecule has 0 aromatic heterocycles. The number of unbranched alkanes of at least 4 members (excludes halogenated alkanes) is 1. The Morgan fingerprint density at radius 1 is 1.24 bits per heavy atom. The van der Waals surface area contributed by atoms with E-state index in [9.17, 15) is 0 Å². The highest BCUT2D eigenvalue weighted by Gasteiger charge is 2.12. The molecular formula is C15H20O2. The first kappa shape index (κ1) is 13.8. The van der Waals surface area contributed by atoms with Crippen LogP contribution in [-0.2, 0) is 9.47 Å². The van der Waals surface area contributed by atoms with Gasteiger partial charge in [-0.1, -0.05) is 30.9 Å². The van der Waals surface area contributed by atoms with Crippen LogP contribution in [0.15, 0.2) is 18.2 Å². The fraction of sp³-hybridized carbons (Fsp3) is 0.467. The summed E-state index contributed by atoms with van der Waals surface area (Å²) in [5, 5.41) is 0. The predicted octanol–water partition coefficient (Wildman–Crippen LogP) is 3.44. The molecule has 1 aromatic rings. The van der Waals surface area contributed by atoms with Crippen LogP contribution in [0.2, 0.25) is 0 Å². The van der Waals surface area contributed by atoms with Gasteiger partial charge in [0.1, 0.15) is 0 Å². The van der Waals surface area contributed by atoms with Crippen LogP contribution < -0.4 is 0 Å². The van der Waals surface area contributed by atoms with Gasteiger partial charge < -0.3 is 9.47 Å². The zero-order chi connectivity index (χ0) is 12.7. The van der Waals surface area contributed by atoms with E-state index in [0.29, 0.717) is 0 Å². The molecule has 0 aliphatic carbocycles. The van der Waals surface area contributed by atoms with Crippen molar-refractivity contribution in [3.63, 3.8) is 0 Å². The van der Waals surface area contributed by atoms with E-state index in [-0.39, 0.29) is 6.29 Å². The molecule has 2 heteroatoms. The highest BCUT2D eigenvalue weighted by atomic mass is 16.7. The molecule has 0 heterocycles. The van der Waals surface area contributed by atoms with Crippen LogP contribution in [0.1, 0.15) is 42.7 Å². The van der Waals surface area contributed by atoms with Crippen LogP contribution in [0.4, 0.5) is 0 Å². The quantitative estimate of drug-likeness (QED) is 0.585. The van der Waals surface area contributed by atoms with Crippen molar-refractivity contribution in [3.05, 3.63) is 34.9 Å². The van der Waals surface area contributed by atoms with Gasteiger partial charge in [0.15, 0.2) is 6.29 Å². The minimum atomic E-state index is -0.346. The van der Waals surface area contributed by atoms with Gasteiger partial charge in [-0.05, 0) is 25.0 Å². The van der Waals surface area contributed by atoms with Crippen LogP contribution in [0, 0.1) is 18.8 Å². The van der Waals surface area contributed by atoms with Crippen molar-refractivity contribution in [2.45, 2.75) is 33.0 Å². The molecule has 0 spiro atoms. The first-order valence-electron chi connectivity index (χ1n) is 5.88. The Hall–Kier alpha value is -1.30. The Kier molecular flexibility index (Phi) is 5.76. The maximum atomic E-state index is 5.28. The van der Waals surface area contributed by atoms with Gasteiger partial charge in [0, 0.05) is 31.8 Å². The third-order valence-electron chi connectivity index (χ3n) is 2.49. The third-order valence-corrected chi connectivity index (χ3v) is 2.49. The summed E-state index contributed by atoms with van der Waals surface area (Å²) in [7, 11) is 3.27. The number of hydrogen-bond acceptors (Lipinski definition) is 2. The first-order valence-corrected chi connectivity index (χ1v) is 5.88. The maximum absolute atomic E-state index is 5.28. The second kappa shape index (κ2) is 7.11. The number of hydrogen-bond donors (Lipinski definition) is 0. The van der Waals surface area contributed by atoms with Crippen LogP contribution >= 0.6 is 0 Å². The second-order valence-electron chi connectivity index (χ2n) is 3.95. The van der Waals surface area contributed by atoms with Gasteiger partial charge in [-0.25, -0.2) is 0 Å². The lowest BCUT2D eigenvalue weighted by Gasteiger charge is -2.15. The normalized spacial score (nSPS) is 10.2. The molecule has 0 amide bonds. The van der Waals surface area contributed by atoms with Crippen molar-refractivity contribution in [2.75, 3.05) is 14.2 Å². The fourth-order valence-corrected chi connectivity index (χ4v) is 1.62. The standard InChI is InChI=1S/C15H20O2/c1-5-6-7-8-13-11-12(2)9-10-14(13)15(16-3)17-4/h9-11,15H,5-6H2,1-4H3. The minimum Gasteiger partial charge on any atom is -0.352 e. The van der Waals surface area contributed by atoms with E-state index in [1.807, 2.05) is 12.1 Å². The number of aryl methyl sites for hydroxylation is 1. The predicted molar refractivity (Wildman–Crippen MR) is 69.7 cm³/mol. The summed E-state index contributed by atoms with van der Waals surface area (Å²) >= 11 is 0. The molecule has 0 unspecified atom stereocenters. The van der Waals surface area contributed by atoms with E-state index in [1.54, 1.807) is 14.2 Å². The molecule has 0 atom stereocenters. The molecule has 0 aliphatic rings. The van der Waals surface area contributed by atoms with Crippen LogP contribution in [0.25, 0.3) is 0 Å². The van der Waals surface area contributed by atoms with Crippen molar-refractivity contribution >= 4 is 0 Å². The fourth-order valence-electron chi connectivity index (χ4n) is 1.62. The zero-order valence-corrected chi connectivity index (χ0v) is 11.0. The van der Waals surface area contributed by atoms with E-state index in [2.05, 4.69) is 31.8 Å². The van der Waals surface area contributed by atoms with Gasteiger partial charge in [-0.3, -0.25) is 0 Å². The molecule has 1 rings (SSSR count). The average Bonchev–Trinajstić information content (AvgIpc) is 2.33. The van der Waals surface area contributed by atoms with Gasteiger partial charge in [-0.2, -0.15) is 0 Å². The van der Waals surface area contributed by atoms with Gasteiger partial charge in [-0.15, -0.1) is 0 Å². The molecule has 0 aliphatic heterocycles. The lowest BCUT2D eigenvalue weighted by Crippen LogP contribution is -2.06. The van der Waals surface area contributed by atoms with Gasteiger partial charge in [0.25, 0.3) is 0 Å². The van der Waals surface area contributed by atoms with Crippen molar-refractivity contribution in [2.24, 2.45) is 0 Å². The van der Waals surface area contributed by atoms with Crippen LogP contribution in [0.3, 0.4) is 0 Å². The van der Waals surface area contributed by atoms with Gasteiger partial charge in [0.2, 0.25) is 0 Å². The summed E-state index contributed by atoms with van der Waals surface area (Å²) in [6, 6.07) is 6.14. The Bertz CT molecular complexity index is 409. The lowest BCUT2D eigenvalue weighted by molar-refractivity contribution is -0.106. The Morgan fingerprint density at radius 3 is 2.53 bits per heavy atom. The largest absolute Gasteiger partial charge is 0.352 e. The summed E-state index contributed by atoms with van der Waals surface area (Å²) in [4.78, 5) is 0. The average molecular weight is 232 g/mol. The highest BCUT2D eigenvalue weighted by Crippen LogP contribution is 2.22. The van der Waals surface area contributed by atoms with Crippen molar-refractivity contribution in [3.8, 4) is 11.8 Å². The van der Waals surface area contributed by atoms with Gasteiger partial charge in [0.05, 0.1) is 0 Å². The molecule has 92 valence electrons. The monoisotopic (exact) mass is 232 g/mol. The van der Waals surface area contributed by atoms with Crippen LogP contribution in [-0.4, -0.2) is 14.2 Å². The molecule has 0 fully saturated rings. The first-order chi connectivity index (χ1) is 8.22. The molecule has 1 aromatic carbocycles. The van der Waals surface area contributed by atoms with E-state index in [0.717, 1.165) is 24.0 Å². The molecular weight excluding hydrogens is 212 g/mol. The number of ether oxygens (including phenoxy) is 2. The lowest BCUT2D eigenvalue weighted by atomic mass is 10.0. The van der Waals surface area contributed by atoms with E-state index >= 15 is 0 Å². The van der Waals surface area contributed by atoms with Gasteiger partial charge >= 0.3 is 0 Å². The second-order valence-corrected chi connectivity index (χ2v) is 3.95. The third kappa shape index (κ3) is 3.89. The summed E-state index contributed by atoms with van der Waals surface area (Å²) < 4.78 is 10.6. The number of benzene rings is 1. The Morgan fingerprint density at radius 2 is 1.94 bits per heavy atom. The van der Waals surface area contributed by atoms with Crippen LogP contribution in [0.5, 0.6) is 0 Å².